The highest BCUT2D eigenvalue weighted by Crippen LogP contribution is 2.17. The van der Waals surface area contributed by atoms with Gasteiger partial charge >= 0.3 is 0 Å². The molecule has 0 aliphatic rings. The van der Waals surface area contributed by atoms with E-state index in [1.807, 2.05) is 6.07 Å². The van der Waals surface area contributed by atoms with E-state index in [2.05, 4.69) is 5.32 Å². The maximum atomic E-state index is 12.9. The van der Waals surface area contributed by atoms with Crippen LogP contribution in [0, 0.1) is 17.1 Å². The van der Waals surface area contributed by atoms with Crippen molar-refractivity contribution in [3.8, 4) is 6.07 Å². The number of amides is 1. The summed E-state index contributed by atoms with van der Waals surface area (Å²) in [5.41, 5.74) is 1.54. The molecular formula is C15H10ClFN2O. The first-order valence-corrected chi connectivity index (χ1v) is 6.20. The van der Waals surface area contributed by atoms with E-state index >= 15 is 0 Å². The average Bonchev–Trinajstić information content (AvgIpc) is 2.45. The summed E-state index contributed by atoms with van der Waals surface area (Å²) in [6.07, 6.45) is 0. The molecule has 0 saturated carbocycles. The van der Waals surface area contributed by atoms with Gasteiger partial charge in [0.05, 0.1) is 22.2 Å². The van der Waals surface area contributed by atoms with Crippen LogP contribution in [-0.4, -0.2) is 5.91 Å². The number of benzene rings is 2. The summed E-state index contributed by atoms with van der Waals surface area (Å²) in [4.78, 5) is 11.9. The number of carbonyl (C=O) groups is 1. The smallest absolute Gasteiger partial charge is 0.253 e. The Kier molecular flexibility index (Phi) is 4.34. The molecule has 2 aromatic carbocycles. The van der Waals surface area contributed by atoms with Crippen LogP contribution in [0.3, 0.4) is 0 Å². The van der Waals surface area contributed by atoms with Crippen molar-refractivity contribution < 1.29 is 9.18 Å². The van der Waals surface area contributed by atoms with Gasteiger partial charge in [-0.3, -0.25) is 4.79 Å². The summed E-state index contributed by atoms with van der Waals surface area (Å²) in [5.74, 6) is -0.884. The molecule has 3 nitrogen and oxygen atoms in total. The second-order valence-electron chi connectivity index (χ2n) is 4.12. The first-order valence-electron chi connectivity index (χ1n) is 5.82. The van der Waals surface area contributed by atoms with Gasteiger partial charge in [-0.25, -0.2) is 4.39 Å². The molecule has 100 valence electrons. The summed E-state index contributed by atoms with van der Waals surface area (Å²) < 4.78 is 12.9. The second kappa shape index (κ2) is 6.18. The van der Waals surface area contributed by atoms with Gasteiger partial charge in [0.15, 0.2) is 0 Å². The molecule has 0 atom stereocenters. The first kappa shape index (κ1) is 14.0. The standard InChI is InChI=1S/C15H10ClFN2O/c16-14-7-12(17)4-5-13(14)15(20)19-9-11-3-1-2-10(6-11)8-18/h1-7H,9H2,(H,19,20). The molecule has 0 unspecified atom stereocenters. The number of hydrogen-bond acceptors (Lipinski definition) is 2. The Labute approximate surface area is 120 Å². The van der Waals surface area contributed by atoms with Gasteiger partial charge in [-0.2, -0.15) is 5.26 Å². The minimum atomic E-state index is -0.492. The van der Waals surface area contributed by atoms with Crippen LogP contribution < -0.4 is 5.32 Å². The number of carbonyl (C=O) groups excluding carboxylic acids is 1. The molecule has 0 fully saturated rings. The van der Waals surface area contributed by atoms with Crippen LogP contribution in [0.25, 0.3) is 0 Å². The topological polar surface area (TPSA) is 52.9 Å². The number of halogens is 2. The SMILES string of the molecule is N#Cc1cccc(CNC(=O)c2ccc(F)cc2Cl)c1. The van der Waals surface area contributed by atoms with E-state index in [9.17, 15) is 9.18 Å². The van der Waals surface area contributed by atoms with Gasteiger partial charge in [-0.05, 0) is 35.9 Å². The highest BCUT2D eigenvalue weighted by atomic mass is 35.5. The van der Waals surface area contributed by atoms with Crippen molar-refractivity contribution in [1.82, 2.24) is 5.32 Å². The molecule has 0 heterocycles. The largest absolute Gasteiger partial charge is 0.348 e. The zero-order valence-electron chi connectivity index (χ0n) is 10.4. The first-order chi connectivity index (χ1) is 9.60. The lowest BCUT2D eigenvalue weighted by Gasteiger charge is -2.07. The third-order valence-electron chi connectivity index (χ3n) is 2.68. The molecular weight excluding hydrogens is 279 g/mol. The van der Waals surface area contributed by atoms with Gasteiger partial charge < -0.3 is 5.32 Å². The Bertz CT molecular complexity index is 695. The molecule has 0 aromatic heterocycles. The van der Waals surface area contributed by atoms with Crippen LogP contribution >= 0.6 is 11.6 Å². The molecule has 0 spiro atoms. The molecule has 0 bridgehead atoms. The monoisotopic (exact) mass is 288 g/mol. The molecule has 2 aromatic rings. The second-order valence-corrected chi connectivity index (χ2v) is 4.53. The Morgan fingerprint density at radius 1 is 1.30 bits per heavy atom. The van der Waals surface area contributed by atoms with Gasteiger partial charge in [-0.1, -0.05) is 23.7 Å². The maximum Gasteiger partial charge on any atom is 0.253 e. The van der Waals surface area contributed by atoms with Crippen LogP contribution in [0.1, 0.15) is 21.5 Å². The Morgan fingerprint density at radius 2 is 2.10 bits per heavy atom. The summed E-state index contributed by atoms with van der Waals surface area (Å²) in [5, 5.41) is 11.5. The molecule has 1 N–H and O–H groups in total. The predicted molar refractivity (Wildman–Crippen MR) is 73.7 cm³/mol. The molecule has 0 aliphatic heterocycles. The Balaban J connectivity index is 2.07. The van der Waals surface area contributed by atoms with Crippen molar-refractivity contribution >= 4 is 17.5 Å². The number of rotatable bonds is 3. The van der Waals surface area contributed by atoms with Crippen molar-refractivity contribution in [2.45, 2.75) is 6.54 Å². The van der Waals surface area contributed by atoms with Gasteiger partial charge in [-0.15, -0.1) is 0 Å². The van der Waals surface area contributed by atoms with Crippen LogP contribution in [0.15, 0.2) is 42.5 Å². The van der Waals surface area contributed by atoms with Crippen LogP contribution in [0.4, 0.5) is 4.39 Å². The lowest BCUT2D eigenvalue weighted by molar-refractivity contribution is 0.0951. The number of nitrogens with zero attached hydrogens (tertiary/aromatic N) is 1. The van der Waals surface area contributed by atoms with Gasteiger partial charge in [0, 0.05) is 6.54 Å². The fourth-order valence-corrected chi connectivity index (χ4v) is 1.96. The van der Waals surface area contributed by atoms with E-state index in [1.54, 1.807) is 24.3 Å². The predicted octanol–water partition coefficient (Wildman–Crippen LogP) is 3.28. The minimum Gasteiger partial charge on any atom is -0.348 e. The van der Waals surface area contributed by atoms with E-state index in [1.165, 1.54) is 12.1 Å². The Morgan fingerprint density at radius 3 is 2.80 bits per heavy atom. The fraction of sp³-hybridized carbons (Fsp3) is 0.0667. The molecule has 0 radical (unpaired) electrons. The van der Waals surface area contributed by atoms with Crippen molar-refractivity contribution in [1.29, 1.82) is 5.26 Å². The van der Waals surface area contributed by atoms with Gasteiger partial charge in [0.1, 0.15) is 5.82 Å². The molecule has 0 saturated heterocycles. The number of nitrogens with one attached hydrogen (secondary N) is 1. The molecule has 0 aliphatic carbocycles. The van der Waals surface area contributed by atoms with E-state index < -0.39 is 11.7 Å². The highest BCUT2D eigenvalue weighted by Gasteiger charge is 2.10. The zero-order valence-corrected chi connectivity index (χ0v) is 11.1. The van der Waals surface area contributed by atoms with Gasteiger partial charge in [0.25, 0.3) is 5.91 Å². The Hall–Kier alpha value is -2.38. The van der Waals surface area contributed by atoms with Crippen LogP contribution in [0.5, 0.6) is 0 Å². The van der Waals surface area contributed by atoms with Crippen LogP contribution in [0.2, 0.25) is 5.02 Å². The van der Waals surface area contributed by atoms with E-state index in [4.69, 9.17) is 16.9 Å². The zero-order chi connectivity index (χ0) is 14.5. The third kappa shape index (κ3) is 3.34. The van der Waals surface area contributed by atoms with E-state index in [-0.39, 0.29) is 17.1 Å². The highest BCUT2D eigenvalue weighted by molar-refractivity contribution is 6.33. The summed E-state index contributed by atoms with van der Waals surface area (Å²) >= 11 is 5.81. The summed E-state index contributed by atoms with van der Waals surface area (Å²) in [6, 6.07) is 12.5. The fourth-order valence-electron chi connectivity index (χ4n) is 1.70. The summed E-state index contributed by atoms with van der Waals surface area (Å²) in [6.45, 7) is 0.266. The average molecular weight is 289 g/mol. The lowest BCUT2D eigenvalue weighted by Crippen LogP contribution is -2.23. The molecule has 2 rings (SSSR count). The van der Waals surface area contributed by atoms with Crippen molar-refractivity contribution in [3.63, 3.8) is 0 Å². The summed E-state index contributed by atoms with van der Waals surface area (Å²) in [7, 11) is 0. The lowest BCUT2D eigenvalue weighted by atomic mass is 10.1. The normalized spacial score (nSPS) is 9.85. The van der Waals surface area contributed by atoms with Gasteiger partial charge in [0.2, 0.25) is 0 Å². The molecule has 1 amide bonds. The number of hydrogen-bond donors (Lipinski definition) is 1. The van der Waals surface area contributed by atoms with Crippen molar-refractivity contribution in [2.24, 2.45) is 0 Å². The van der Waals surface area contributed by atoms with E-state index in [0.717, 1.165) is 11.6 Å². The third-order valence-corrected chi connectivity index (χ3v) is 3.00. The number of nitriles is 1. The van der Waals surface area contributed by atoms with E-state index in [0.29, 0.717) is 5.56 Å². The maximum absolute atomic E-state index is 12.9. The van der Waals surface area contributed by atoms with Crippen molar-refractivity contribution in [3.05, 3.63) is 70.0 Å². The van der Waals surface area contributed by atoms with Crippen molar-refractivity contribution in [2.75, 3.05) is 0 Å². The molecule has 5 heteroatoms. The molecule has 20 heavy (non-hydrogen) atoms. The quantitative estimate of drug-likeness (QED) is 0.942. The minimum absolute atomic E-state index is 0.0632. The van der Waals surface area contributed by atoms with Crippen LogP contribution in [-0.2, 0) is 6.54 Å².